The monoisotopic (exact) mass is 548 g/mol. The first-order valence-electron chi connectivity index (χ1n) is 9.77. The zero-order chi connectivity index (χ0) is 20.5. The van der Waals surface area contributed by atoms with Crippen LogP contribution in [0.3, 0.4) is 0 Å². The quantitative estimate of drug-likeness (QED) is 0.301. The molecule has 30 heavy (non-hydrogen) atoms. The first-order chi connectivity index (χ1) is 14.2. The van der Waals surface area contributed by atoms with Gasteiger partial charge in [-0.1, -0.05) is 12.1 Å². The molecule has 2 heterocycles. The Labute approximate surface area is 198 Å². The first kappa shape index (κ1) is 25.0. The van der Waals surface area contributed by atoms with E-state index in [4.69, 9.17) is 9.47 Å². The number of hydrogen-bond acceptors (Lipinski definition) is 5. The molecular weight excluding hydrogens is 518 g/mol. The van der Waals surface area contributed by atoms with Gasteiger partial charge in [0, 0.05) is 50.8 Å². The number of halogens is 2. The number of rotatable bonds is 8. The van der Waals surface area contributed by atoms with Crippen LogP contribution >= 0.6 is 35.3 Å². The zero-order valence-electron chi connectivity index (χ0n) is 17.4. The van der Waals surface area contributed by atoms with Crippen molar-refractivity contribution >= 4 is 41.3 Å². The smallest absolute Gasteiger partial charge is 0.191 e. The van der Waals surface area contributed by atoms with E-state index in [1.54, 1.807) is 31.6 Å². The number of nitrogens with one attached hydrogen (secondary N) is 2. The van der Waals surface area contributed by atoms with Gasteiger partial charge in [0.25, 0.3) is 0 Å². The Hall–Kier alpha value is -1.27. The minimum Gasteiger partial charge on any atom is -0.380 e. The second kappa shape index (κ2) is 13.2. The van der Waals surface area contributed by atoms with Crippen molar-refractivity contribution in [1.29, 1.82) is 0 Å². The Morgan fingerprint density at radius 1 is 1.30 bits per heavy atom. The summed E-state index contributed by atoms with van der Waals surface area (Å²) in [7, 11) is 3.32. The molecule has 1 aromatic heterocycles. The molecule has 0 radical (unpaired) electrons. The van der Waals surface area contributed by atoms with Gasteiger partial charge in [-0.3, -0.25) is 9.89 Å². The molecule has 0 spiro atoms. The summed E-state index contributed by atoms with van der Waals surface area (Å²) >= 11 is 1.77. The minimum absolute atomic E-state index is 0. The molecule has 1 atom stereocenters. The summed E-state index contributed by atoms with van der Waals surface area (Å²) < 4.78 is 24.4. The van der Waals surface area contributed by atoms with Crippen molar-refractivity contribution in [3.05, 3.63) is 57.5 Å². The van der Waals surface area contributed by atoms with Crippen molar-refractivity contribution < 1.29 is 13.9 Å². The van der Waals surface area contributed by atoms with Gasteiger partial charge in [0.15, 0.2) is 5.96 Å². The van der Waals surface area contributed by atoms with Crippen LogP contribution in [0.15, 0.2) is 40.7 Å². The molecule has 6 nitrogen and oxygen atoms in total. The van der Waals surface area contributed by atoms with E-state index >= 15 is 0 Å². The maximum absolute atomic E-state index is 13.8. The number of hydrogen-bond donors (Lipinski definition) is 2. The standard InChI is InChI=1S/C21H29FN4O2S.HI/c1-23-21(24-13-16-5-6-18(22)17(12-16)15-27-2)25-14-19(20-4-3-11-29-20)26-7-9-28-10-8-26;/h3-6,11-12,19H,7-10,13-15H2,1-2H3,(H2,23,24,25);1H. The normalized spacial score (nSPS) is 16.0. The van der Waals surface area contributed by atoms with Gasteiger partial charge in [0.2, 0.25) is 0 Å². The van der Waals surface area contributed by atoms with E-state index in [-0.39, 0.29) is 42.4 Å². The van der Waals surface area contributed by atoms with Crippen LogP contribution in [-0.2, 0) is 22.6 Å². The van der Waals surface area contributed by atoms with Gasteiger partial charge in [0.05, 0.1) is 25.9 Å². The Bertz CT molecular complexity index is 785. The molecule has 0 amide bonds. The minimum atomic E-state index is -0.248. The lowest BCUT2D eigenvalue weighted by molar-refractivity contribution is 0.0177. The van der Waals surface area contributed by atoms with E-state index in [1.807, 2.05) is 6.07 Å². The molecule has 1 aliphatic rings. The Balaban J connectivity index is 0.00000320. The summed E-state index contributed by atoms with van der Waals surface area (Å²) in [6, 6.07) is 9.62. The van der Waals surface area contributed by atoms with Gasteiger partial charge in [-0.05, 0) is 29.1 Å². The number of methoxy groups -OCH3 is 1. The lowest BCUT2D eigenvalue weighted by atomic mass is 10.1. The van der Waals surface area contributed by atoms with E-state index in [1.165, 1.54) is 10.9 Å². The molecule has 0 bridgehead atoms. The van der Waals surface area contributed by atoms with Crippen molar-refractivity contribution in [3.8, 4) is 0 Å². The van der Waals surface area contributed by atoms with Gasteiger partial charge in [-0.15, -0.1) is 35.3 Å². The summed E-state index contributed by atoms with van der Waals surface area (Å²) in [4.78, 5) is 8.12. The molecule has 3 rings (SSSR count). The Morgan fingerprint density at radius 3 is 2.77 bits per heavy atom. The third-order valence-corrected chi connectivity index (χ3v) is 5.89. The highest BCUT2D eigenvalue weighted by Crippen LogP contribution is 2.25. The molecule has 0 saturated carbocycles. The van der Waals surface area contributed by atoms with Crippen LogP contribution in [0.5, 0.6) is 0 Å². The summed E-state index contributed by atoms with van der Waals surface area (Å²) in [5.41, 5.74) is 1.53. The van der Waals surface area contributed by atoms with Crippen molar-refractivity contribution in [1.82, 2.24) is 15.5 Å². The lowest BCUT2D eigenvalue weighted by Gasteiger charge is -2.34. The largest absolute Gasteiger partial charge is 0.380 e. The predicted octanol–water partition coefficient (Wildman–Crippen LogP) is 3.39. The van der Waals surface area contributed by atoms with Crippen molar-refractivity contribution in [2.75, 3.05) is 47.0 Å². The average Bonchev–Trinajstić information content (AvgIpc) is 3.28. The van der Waals surface area contributed by atoms with Crippen LogP contribution in [0, 0.1) is 5.82 Å². The maximum Gasteiger partial charge on any atom is 0.191 e. The van der Waals surface area contributed by atoms with Crippen LogP contribution in [0.1, 0.15) is 22.0 Å². The van der Waals surface area contributed by atoms with Crippen LogP contribution in [0.2, 0.25) is 0 Å². The number of nitrogens with zero attached hydrogens (tertiary/aromatic N) is 2. The van der Waals surface area contributed by atoms with Crippen LogP contribution in [-0.4, -0.2) is 57.9 Å². The number of ether oxygens (including phenoxy) is 2. The van der Waals surface area contributed by atoms with Gasteiger partial charge in [0.1, 0.15) is 5.82 Å². The lowest BCUT2D eigenvalue weighted by Crippen LogP contribution is -2.46. The molecule has 1 fully saturated rings. The molecule has 1 unspecified atom stereocenters. The van der Waals surface area contributed by atoms with Crippen LogP contribution in [0.25, 0.3) is 0 Å². The first-order valence-corrected chi connectivity index (χ1v) is 10.6. The molecule has 1 aromatic carbocycles. The fraction of sp³-hybridized carbons (Fsp3) is 0.476. The van der Waals surface area contributed by atoms with Crippen molar-refractivity contribution in [2.24, 2.45) is 4.99 Å². The zero-order valence-corrected chi connectivity index (χ0v) is 20.5. The molecule has 2 aromatic rings. The summed E-state index contributed by atoms with van der Waals surface area (Å²) in [5, 5.41) is 8.87. The molecule has 0 aliphatic carbocycles. The van der Waals surface area contributed by atoms with E-state index < -0.39 is 0 Å². The SMILES string of the molecule is CN=C(NCc1ccc(F)c(COC)c1)NCC(c1cccs1)N1CCOCC1.I. The van der Waals surface area contributed by atoms with Gasteiger partial charge < -0.3 is 20.1 Å². The van der Waals surface area contributed by atoms with Crippen molar-refractivity contribution in [3.63, 3.8) is 0 Å². The number of morpholine rings is 1. The molecular formula is C21H30FIN4O2S. The summed E-state index contributed by atoms with van der Waals surface area (Å²) in [6.45, 7) is 4.94. The van der Waals surface area contributed by atoms with Crippen LogP contribution < -0.4 is 10.6 Å². The molecule has 1 aliphatic heterocycles. The molecule has 166 valence electrons. The highest BCUT2D eigenvalue weighted by molar-refractivity contribution is 14.0. The van der Waals surface area contributed by atoms with E-state index in [0.29, 0.717) is 12.1 Å². The van der Waals surface area contributed by atoms with Crippen LogP contribution in [0.4, 0.5) is 4.39 Å². The Kier molecular flexibility index (Phi) is 11.0. The van der Waals surface area contributed by atoms with Crippen molar-refractivity contribution in [2.45, 2.75) is 19.2 Å². The number of thiophene rings is 1. The highest BCUT2D eigenvalue weighted by Gasteiger charge is 2.23. The summed E-state index contributed by atoms with van der Waals surface area (Å²) in [5.74, 6) is 0.472. The van der Waals surface area contributed by atoms with Gasteiger partial charge in [-0.25, -0.2) is 4.39 Å². The number of aliphatic imine (C=N–C) groups is 1. The molecule has 1 saturated heterocycles. The predicted molar refractivity (Wildman–Crippen MR) is 130 cm³/mol. The maximum atomic E-state index is 13.8. The van der Waals surface area contributed by atoms with Gasteiger partial charge in [-0.2, -0.15) is 0 Å². The number of guanidine groups is 1. The fourth-order valence-electron chi connectivity index (χ4n) is 3.38. The van der Waals surface area contributed by atoms with E-state index in [9.17, 15) is 4.39 Å². The number of benzene rings is 1. The highest BCUT2D eigenvalue weighted by atomic mass is 127. The molecule has 2 N–H and O–H groups in total. The summed E-state index contributed by atoms with van der Waals surface area (Å²) in [6.07, 6.45) is 0. The second-order valence-corrected chi connectivity index (χ2v) is 7.82. The topological polar surface area (TPSA) is 58.1 Å². The average molecular weight is 548 g/mol. The second-order valence-electron chi connectivity index (χ2n) is 6.85. The third kappa shape index (κ3) is 7.16. The van der Waals surface area contributed by atoms with Gasteiger partial charge >= 0.3 is 0 Å². The van der Waals surface area contributed by atoms with E-state index in [2.05, 4.69) is 38.0 Å². The third-order valence-electron chi connectivity index (χ3n) is 4.91. The fourth-order valence-corrected chi connectivity index (χ4v) is 4.24. The van der Waals surface area contributed by atoms with E-state index in [0.717, 1.165) is 44.4 Å². The molecule has 9 heteroatoms. The Morgan fingerprint density at radius 2 is 2.10 bits per heavy atom.